The van der Waals surface area contributed by atoms with E-state index in [-0.39, 0.29) is 0 Å². The van der Waals surface area contributed by atoms with Crippen LogP contribution in [0.5, 0.6) is 5.75 Å². The predicted octanol–water partition coefficient (Wildman–Crippen LogP) is 3.72. The van der Waals surface area contributed by atoms with Crippen molar-refractivity contribution >= 4 is 0 Å². The van der Waals surface area contributed by atoms with Crippen molar-refractivity contribution in [2.24, 2.45) is 0 Å². The lowest BCUT2D eigenvalue weighted by atomic mass is 10.1. The molecule has 0 aliphatic rings. The molecule has 1 aromatic heterocycles. The zero-order chi connectivity index (χ0) is 13.7. The summed E-state index contributed by atoms with van der Waals surface area (Å²) >= 11 is 0. The smallest absolute Gasteiger partial charge is 0.128 e. The number of nitriles is 1. The number of hydrogen-bond acceptors (Lipinski definition) is 3. The summed E-state index contributed by atoms with van der Waals surface area (Å²) in [5.41, 5.74) is 3.15. The number of rotatable bonds is 4. The number of pyridine rings is 1. The fraction of sp³-hybridized carbons (Fsp3) is 0.250. The van der Waals surface area contributed by atoms with E-state index in [9.17, 15) is 0 Å². The number of aromatic nitrogens is 1. The zero-order valence-corrected chi connectivity index (χ0v) is 11.2. The fourth-order valence-corrected chi connectivity index (χ4v) is 1.85. The van der Waals surface area contributed by atoms with Crippen LogP contribution in [-0.2, 0) is 0 Å². The SMILES string of the molecule is CCCOc1ccccc1-c1ccc(C#N)c(C)n1. The molecule has 2 aromatic rings. The summed E-state index contributed by atoms with van der Waals surface area (Å²) in [6.45, 7) is 4.61. The highest BCUT2D eigenvalue weighted by Gasteiger charge is 2.08. The summed E-state index contributed by atoms with van der Waals surface area (Å²) in [5.74, 6) is 0.834. The average Bonchev–Trinajstić information content (AvgIpc) is 2.45. The molecular weight excluding hydrogens is 236 g/mol. The van der Waals surface area contributed by atoms with Crippen LogP contribution in [0.1, 0.15) is 24.6 Å². The molecule has 1 heterocycles. The molecule has 0 spiro atoms. The Morgan fingerprint density at radius 2 is 2.00 bits per heavy atom. The third-order valence-electron chi connectivity index (χ3n) is 2.83. The maximum atomic E-state index is 8.94. The van der Waals surface area contributed by atoms with Gasteiger partial charge in [0.05, 0.1) is 23.6 Å². The van der Waals surface area contributed by atoms with Crippen molar-refractivity contribution in [3.8, 4) is 23.1 Å². The lowest BCUT2D eigenvalue weighted by molar-refractivity contribution is 0.318. The maximum absolute atomic E-state index is 8.94. The summed E-state index contributed by atoms with van der Waals surface area (Å²) in [6, 6.07) is 13.6. The topological polar surface area (TPSA) is 45.9 Å². The first-order chi connectivity index (χ1) is 9.26. The molecule has 0 bridgehead atoms. The molecule has 1 aromatic carbocycles. The van der Waals surface area contributed by atoms with E-state index in [4.69, 9.17) is 10.00 Å². The molecular formula is C16H16N2O. The van der Waals surface area contributed by atoms with E-state index in [0.29, 0.717) is 12.2 Å². The van der Waals surface area contributed by atoms with Gasteiger partial charge in [-0.15, -0.1) is 0 Å². The molecule has 0 unspecified atom stereocenters. The Balaban J connectivity index is 2.41. The van der Waals surface area contributed by atoms with E-state index in [1.807, 2.05) is 37.3 Å². The molecule has 3 nitrogen and oxygen atoms in total. The highest BCUT2D eigenvalue weighted by atomic mass is 16.5. The van der Waals surface area contributed by atoms with Crippen LogP contribution in [0.4, 0.5) is 0 Å². The Morgan fingerprint density at radius 3 is 2.68 bits per heavy atom. The third kappa shape index (κ3) is 2.92. The van der Waals surface area contributed by atoms with Crippen molar-refractivity contribution in [3.05, 3.63) is 47.7 Å². The molecule has 19 heavy (non-hydrogen) atoms. The number of benzene rings is 1. The monoisotopic (exact) mass is 252 g/mol. The molecule has 0 amide bonds. The number of para-hydroxylation sites is 1. The summed E-state index contributed by atoms with van der Waals surface area (Å²) in [4.78, 5) is 4.48. The Bertz CT molecular complexity index is 614. The van der Waals surface area contributed by atoms with E-state index in [1.54, 1.807) is 6.07 Å². The van der Waals surface area contributed by atoms with Gasteiger partial charge in [0.2, 0.25) is 0 Å². The highest BCUT2D eigenvalue weighted by molar-refractivity contribution is 5.67. The van der Waals surface area contributed by atoms with Crippen LogP contribution in [0.3, 0.4) is 0 Å². The van der Waals surface area contributed by atoms with Gasteiger partial charge < -0.3 is 4.74 Å². The van der Waals surface area contributed by atoms with Crippen LogP contribution >= 0.6 is 0 Å². The Hall–Kier alpha value is -2.34. The standard InChI is InChI=1S/C16H16N2O/c1-3-10-19-16-7-5-4-6-14(16)15-9-8-13(11-17)12(2)18-15/h4-9H,3,10H2,1-2H3. The molecule has 0 fully saturated rings. The van der Waals surface area contributed by atoms with Gasteiger partial charge in [0.1, 0.15) is 11.8 Å². The van der Waals surface area contributed by atoms with Crippen LogP contribution in [0, 0.1) is 18.3 Å². The lowest BCUT2D eigenvalue weighted by Gasteiger charge is -2.11. The van der Waals surface area contributed by atoms with Crippen LogP contribution in [0.15, 0.2) is 36.4 Å². The molecule has 0 radical (unpaired) electrons. The van der Waals surface area contributed by atoms with E-state index >= 15 is 0 Å². The van der Waals surface area contributed by atoms with Gasteiger partial charge >= 0.3 is 0 Å². The van der Waals surface area contributed by atoms with Gasteiger partial charge in [-0.25, -0.2) is 0 Å². The largest absolute Gasteiger partial charge is 0.493 e. The zero-order valence-electron chi connectivity index (χ0n) is 11.2. The van der Waals surface area contributed by atoms with Crippen molar-refractivity contribution in [2.45, 2.75) is 20.3 Å². The van der Waals surface area contributed by atoms with Crippen LogP contribution in [0.25, 0.3) is 11.3 Å². The fourth-order valence-electron chi connectivity index (χ4n) is 1.85. The normalized spacial score (nSPS) is 9.95. The molecule has 0 atom stereocenters. The van der Waals surface area contributed by atoms with Gasteiger partial charge in [0.25, 0.3) is 0 Å². The molecule has 2 rings (SSSR count). The Morgan fingerprint density at radius 1 is 1.21 bits per heavy atom. The van der Waals surface area contributed by atoms with Crippen molar-refractivity contribution in [2.75, 3.05) is 6.61 Å². The molecule has 3 heteroatoms. The van der Waals surface area contributed by atoms with Crippen molar-refractivity contribution in [3.63, 3.8) is 0 Å². The predicted molar refractivity (Wildman–Crippen MR) is 74.9 cm³/mol. The molecule has 0 saturated heterocycles. The molecule has 96 valence electrons. The Labute approximate surface area is 113 Å². The minimum atomic E-state index is 0.607. The number of aryl methyl sites for hydroxylation is 1. The van der Waals surface area contributed by atoms with Gasteiger partial charge in [-0.3, -0.25) is 4.98 Å². The minimum Gasteiger partial charge on any atom is -0.493 e. The molecule has 0 aliphatic carbocycles. The first kappa shape index (κ1) is 13.1. The lowest BCUT2D eigenvalue weighted by Crippen LogP contribution is -1.98. The van der Waals surface area contributed by atoms with Crippen molar-refractivity contribution in [1.29, 1.82) is 5.26 Å². The second-order valence-corrected chi connectivity index (χ2v) is 4.29. The summed E-state index contributed by atoms with van der Waals surface area (Å²) < 4.78 is 5.73. The number of ether oxygens (including phenoxy) is 1. The van der Waals surface area contributed by atoms with E-state index in [1.165, 1.54) is 0 Å². The molecule has 0 saturated carbocycles. The van der Waals surface area contributed by atoms with E-state index in [0.717, 1.165) is 29.1 Å². The average molecular weight is 252 g/mol. The van der Waals surface area contributed by atoms with E-state index in [2.05, 4.69) is 18.0 Å². The Kier molecular flexibility index (Phi) is 4.15. The van der Waals surface area contributed by atoms with Gasteiger partial charge in [0.15, 0.2) is 0 Å². The van der Waals surface area contributed by atoms with Gasteiger partial charge in [-0.05, 0) is 37.6 Å². The van der Waals surface area contributed by atoms with E-state index < -0.39 is 0 Å². The van der Waals surface area contributed by atoms with Crippen LogP contribution in [-0.4, -0.2) is 11.6 Å². The summed E-state index contributed by atoms with van der Waals surface area (Å²) in [7, 11) is 0. The molecule has 0 aliphatic heterocycles. The van der Waals surface area contributed by atoms with Gasteiger partial charge in [0, 0.05) is 5.56 Å². The first-order valence-corrected chi connectivity index (χ1v) is 6.36. The first-order valence-electron chi connectivity index (χ1n) is 6.36. The van der Waals surface area contributed by atoms with Gasteiger partial charge in [-0.1, -0.05) is 19.1 Å². The van der Waals surface area contributed by atoms with Crippen LogP contribution in [0.2, 0.25) is 0 Å². The number of nitrogens with zero attached hydrogens (tertiary/aromatic N) is 2. The molecule has 0 N–H and O–H groups in total. The second kappa shape index (κ2) is 6.01. The quantitative estimate of drug-likeness (QED) is 0.833. The van der Waals surface area contributed by atoms with Crippen molar-refractivity contribution < 1.29 is 4.74 Å². The number of hydrogen-bond donors (Lipinski definition) is 0. The maximum Gasteiger partial charge on any atom is 0.128 e. The summed E-state index contributed by atoms with van der Waals surface area (Å²) in [5, 5.41) is 8.94. The minimum absolute atomic E-state index is 0.607. The van der Waals surface area contributed by atoms with Gasteiger partial charge in [-0.2, -0.15) is 5.26 Å². The second-order valence-electron chi connectivity index (χ2n) is 4.29. The third-order valence-corrected chi connectivity index (χ3v) is 2.83. The summed E-state index contributed by atoms with van der Waals surface area (Å²) in [6.07, 6.45) is 0.966. The van der Waals surface area contributed by atoms with Crippen LogP contribution < -0.4 is 4.74 Å². The van der Waals surface area contributed by atoms with Crippen molar-refractivity contribution in [1.82, 2.24) is 4.98 Å². The highest BCUT2D eigenvalue weighted by Crippen LogP contribution is 2.29.